The second-order valence-electron chi connectivity index (χ2n) is 12.8. The average molecular weight is 525 g/mol. The summed E-state index contributed by atoms with van der Waals surface area (Å²) in [5.41, 5.74) is 7.71. The van der Waals surface area contributed by atoms with Crippen LogP contribution in [-0.2, 0) is 0 Å². The Morgan fingerprint density at radius 1 is 0.611 bits per heavy atom. The van der Waals surface area contributed by atoms with Gasteiger partial charge in [0, 0.05) is 5.92 Å². The van der Waals surface area contributed by atoms with E-state index in [-0.39, 0.29) is 0 Å². The molecule has 0 N–H and O–H groups in total. The number of rotatable bonds is 7. The van der Waals surface area contributed by atoms with E-state index in [2.05, 4.69) is 139 Å². The Morgan fingerprint density at radius 3 is 1.47 bits per heavy atom. The zero-order valence-electron chi connectivity index (χ0n) is 23.9. The molecule has 1 aliphatic carbocycles. The van der Waals surface area contributed by atoms with E-state index in [9.17, 15) is 0 Å². The summed E-state index contributed by atoms with van der Waals surface area (Å²) in [4.78, 5) is 0. The van der Waals surface area contributed by atoms with Crippen LogP contribution in [0.1, 0.15) is 26.3 Å². The van der Waals surface area contributed by atoms with Gasteiger partial charge in [-0.3, -0.25) is 0 Å². The highest BCUT2D eigenvalue weighted by molar-refractivity contribution is 6.91. The van der Waals surface area contributed by atoms with Crippen molar-refractivity contribution in [3.05, 3.63) is 101 Å². The molecule has 1 aliphatic rings. The van der Waals surface area contributed by atoms with E-state index < -0.39 is 24.9 Å². The van der Waals surface area contributed by atoms with Gasteiger partial charge in [-0.2, -0.15) is 0 Å². The molecule has 0 aliphatic heterocycles. The standard InChI is InChI=1S/C33H44Si3/c1-24-25(2)32(23-34(28-16-12-10-13-17-28)29-18-14-11-15-19-29)33(26(24)3)27-20-30(35(4,5)6)22-31(21-27)36(7,8)9/h10-22,32,34H,23H2,1-9H3. The van der Waals surface area contributed by atoms with Crippen molar-refractivity contribution in [2.45, 2.75) is 66.1 Å². The van der Waals surface area contributed by atoms with Crippen molar-refractivity contribution in [2.75, 3.05) is 0 Å². The van der Waals surface area contributed by atoms with Crippen LogP contribution in [0, 0.1) is 5.92 Å². The van der Waals surface area contributed by atoms with Gasteiger partial charge in [0.1, 0.15) is 8.80 Å². The molecule has 0 aromatic heterocycles. The van der Waals surface area contributed by atoms with Crippen LogP contribution in [0.4, 0.5) is 0 Å². The average Bonchev–Trinajstić information content (AvgIpc) is 3.05. The van der Waals surface area contributed by atoms with Crippen LogP contribution in [0.3, 0.4) is 0 Å². The van der Waals surface area contributed by atoms with Crippen LogP contribution < -0.4 is 20.7 Å². The minimum Gasteiger partial charge on any atom is -0.0656 e. The highest BCUT2D eigenvalue weighted by Gasteiger charge is 2.33. The molecule has 0 spiro atoms. The van der Waals surface area contributed by atoms with Crippen LogP contribution in [-0.4, -0.2) is 24.9 Å². The van der Waals surface area contributed by atoms with Gasteiger partial charge < -0.3 is 0 Å². The highest BCUT2D eigenvalue weighted by Crippen LogP contribution is 2.45. The van der Waals surface area contributed by atoms with Crippen molar-refractivity contribution in [3.8, 4) is 0 Å². The van der Waals surface area contributed by atoms with E-state index in [1.54, 1.807) is 31.9 Å². The molecule has 0 saturated carbocycles. The fourth-order valence-electron chi connectivity index (χ4n) is 5.67. The summed E-state index contributed by atoms with van der Waals surface area (Å²) in [7, 11) is -4.29. The summed E-state index contributed by atoms with van der Waals surface area (Å²) in [6.45, 7) is 22.1. The molecule has 0 heterocycles. The monoisotopic (exact) mass is 524 g/mol. The Balaban J connectivity index is 1.86. The lowest BCUT2D eigenvalue weighted by molar-refractivity contribution is 0.884. The van der Waals surface area contributed by atoms with Crippen LogP contribution >= 0.6 is 0 Å². The third-order valence-corrected chi connectivity index (χ3v) is 15.6. The van der Waals surface area contributed by atoms with Gasteiger partial charge in [-0.05, 0) is 49.1 Å². The minimum absolute atomic E-state index is 0.494. The normalized spacial score (nSPS) is 16.9. The lowest BCUT2D eigenvalue weighted by atomic mass is 9.91. The second-order valence-corrected chi connectivity index (χ2v) is 25.9. The Morgan fingerprint density at radius 2 is 1.06 bits per heavy atom. The molecule has 1 atom stereocenters. The van der Waals surface area contributed by atoms with Crippen molar-refractivity contribution in [1.29, 1.82) is 0 Å². The molecular weight excluding hydrogens is 481 g/mol. The van der Waals surface area contributed by atoms with Crippen LogP contribution in [0.2, 0.25) is 45.3 Å². The maximum Gasteiger partial charge on any atom is 0.104 e. The van der Waals surface area contributed by atoms with Crippen LogP contribution in [0.5, 0.6) is 0 Å². The number of benzene rings is 3. The van der Waals surface area contributed by atoms with E-state index in [0.29, 0.717) is 5.92 Å². The summed E-state index contributed by atoms with van der Waals surface area (Å²) in [6.07, 6.45) is 0. The summed E-state index contributed by atoms with van der Waals surface area (Å²) in [5, 5.41) is 6.32. The topological polar surface area (TPSA) is 0 Å². The SMILES string of the molecule is CC1=C(C)C(C[SiH](c2ccccc2)c2ccccc2)C(c2cc([Si](C)(C)C)cc([Si](C)(C)C)c2)=C1C. The fraction of sp³-hybridized carbons (Fsp3) is 0.333. The molecular formula is C33H44Si3. The lowest BCUT2D eigenvalue weighted by Crippen LogP contribution is -2.45. The summed E-state index contributed by atoms with van der Waals surface area (Å²) in [6, 6.07) is 31.6. The van der Waals surface area contributed by atoms with Gasteiger partial charge in [-0.1, -0.05) is 144 Å². The molecule has 0 radical (unpaired) electrons. The van der Waals surface area contributed by atoms with Crippen molar-refractivity contribution in [2.24, 2.45) is 5.92 Å². The van der Waals surface area contributed by atoms with E-state index in [4.69, 9.17) is 0 Å². The molecule has 0 nitrogen and oxygen atoms in total. The van der Waals surface area contributed by atoms with E-state index >= 15 is 0 Å². The summed E-state index contributed by atoms with van der Waals surface area (Å²) >= 11 is 0. The number of hydrogen-bond donors (Lipinski definition) is 0. The molecule has 36 heavy (non-hydrogen) atoms. The van der Waals surface area contributed by atoms with Gasteiger partial charge in [0.15, 0.2) is 0 Å². The fourth-order valence-corrected chi connectivity index (χ4v) is 11.5. The first kappa shape index (κ1) is 26.8. The third-order valence-electron chi connectivity index (χ3n) is 8.28. The molecule has 0 saturated heterocycles. The lowest BCUT2D eigenvalue weighted by Gasteiger charge is -2.28. The third kappa shape index (κ3) is 5.54. The van der Waals surface area contributed by atoms with Gasteiger partial charge in [0.2, 0.25) is 0 Å². The van der Waals surface area contributed by atoms with Gasteiger partial charge in [0.25, 0.3) is 0 Å². The van der Waals surface area contributed by atoms with Crippen LogP contribution in [0.25, 0.3) is 5.57 Å². The van der Waals surface area contributed by atoms with Crippen molar-refractivity contribution >= 4 is 51.3 Å². The Bertz CT molecular complexity index is 1210. The largest absolute Gasteiger partial charge is 0.104 e. The molecule has 1 unspecified atom stereocenters. The van der Waals surface area contributed by atoms with Gasteiger partial charge in [-0.15, -0.1) is 0 Å². The molecule has 0 fully saturated rings. The van der Waals surface area contributed by atoms with E-state index in [0.717, 1.165) is 0 Å². The smallest absolute Gasteiger partial charge is 0.0656 e. The maximum absolute atomic E-state index is 2.58. The predicted molar refractivity (Wildman–Crippen MR) is 171 cm³/mol. The summed E-state index contributed by atoms with van der Waals surface area (Å²) in [5.74, 6) is 0.494. The van der Waals surface area contributed by atoms with E-state index in [1.807, 2.05) is 0 Å². The first-order valence-electron chi connectivity index (χ1n) is 13.5. The first-order valence-corrected chi connectivity index (χ1v) is 22.5. The molecule has 3 heteroatoms. The molecule has 0 amide bonds. The quantitative estimate of drug-likeness (QED) is 0.307. The number of allylic oxidation sites excluding steroid dienone is 4. The molecule has 4 rings (SSSR count). The highest BCUT2D eigenvalue weighted by atomic mass is 28.3. The Labute approximate surface area is 223 Å². The van der Waals surface area contributed by atoms with E-state index in [1.165, 1.54) is 22.8 Å². The van der Waals surface area contributed by atoms with Gasteiger partial charge in [-0.25, -0.2) is 0 Å². The summed E-state index contributed by atoms with van der Waals surface area (Å²) < 4.78 is 0. The second kappa shape index (κ2) is 10.3. The number of hydrogen-bond acceptors (Lipinski definition) is 0. The molecule has 3 aromatic carbocycles. The van der Waals surface area contributed by atoms with Crippen molar-refractivity contribution in [1.82, 2.24) is 0 Å². The van der Waals surface area contributed by atoms with Gasteiger partial charge >= 0.3 is 0 Å². The molecule has 0 bridgehead atoms. The predicted octanol–water partition coefficient (Wildman–Crippen LogP) is 6.56. The first-order chi connectivity index (χ1) is 16.9. The zero-order valence-corrected chi connectivity index (χ0v) is 27.0. The Hall–Kier alpha value is -2.21. The van der Waals surface area contributed by atoms with Crippen LogP contribution in [0.15, 0.2) is 95.6 Å². The van der Waals surface area contributed by atoms with Crippen molar-refractivity contribution < 1.29 is 0 Å². The maximum atomic E-state index is 2.58. The molecule has 3 aromatic rings. The van der Waals surface area contributed by atoms with Crippen molar-refractivity contribution in [3.63, 3.8) is 0 Å². The molecule has 188 valence electrons. The zero-order chi connectivity index (χ0) is 26.3. The van der Waals surface area contributed by atoms with Gasteiger partial charge in [0.05, 0.1) is 16.1 Å². The Kier molecular flexibility index (Phi) is 7.66. The minimum atomic E-state index is -1.45.